The molecule has 1 aromatic carbocycles. The third-order valence-corrected chi connectivity index (χ3v) is 5.52. The highest BCUT2D eigenvalue weighted by Gasteiger charge is 2.26. The molecule has 3 heterocycles. The van der Waals surface area contributed by atoms with Crippen molar-refractivity contribution in [2.24, 2.45) is 0 Å². The van der Waals surface area contributed by atoms with Gasteiger partial charge in [0, 0.05) is 43.5 Å². The van der Waals surface area contributed by atoms with E-state index in [9.17, 15) is 4.79 Å². The monoisotopic (exact) mass is 426 g/mol. The molecule has 10 nitrogen and oxygen atoms in total. The number of amides is 1. The maximum Gasteiger partial charge on any atom is 0.257 e. The molecule has 1 amide bonds. The number of nitrogens with zero attached hydrogens (tertiary/aromatic N) is 6. The SMILES string of the molecule is COc1cc(C(=O)N2CCN(c3cc(C)n4c(C)nnc4n3)CC2)cc(OC)c1OC. The molecule has 31 heavy (non-hydrogen) atoms. The Kier molecular flexibility index (Phi) is 5.53. The molecule has 0 bridgehead atoms. The van der Waals surface area contributed by atoms with Crippen molar-refractivity contribution in [2.75, 3.05) is 52.4 Å². The lowest BCUT2D eigenvalue weighted by molar-refractivity contribution is 0.0745. The van der Waals surface area contributed by atoms with Crippen LogP contribution in [0.4, 0.5) is 5.82 Å². The van der Waals surface area contributed by atoms with Gasteiger partial charge in [0.25, 0.3) is 11.7 Å². The summed E-state index contributed by atoms with van der Waals surface area (Å²) in [5.41, 5.74) is 1.52. The van der Waals surface area contributed by atoms with Crippen LogP contribution >= 0.6 is 0 Å². The fraction of sp³-hybridized carbons (Fsp3) is 0.429. The van der Waals surface area contributed by atoms with E-state index in [4.69, 9.17) is 14.2 Å². The van der Waals surface area contributed by atoms with Crippen molar-refractivity contribution in [3.05, 3.63) is 35.3 Å². The van der Waals surface area contributed by atoms with Crippen LogP contribution in [0, 0.1) is 13.8 Å². The van der Waals surface area contributed by atoms with Gasteiger partial charge in [0.1, 0.15) is 11.6 Å². The number of rotatable bonds is 5. The van der Waals surface area contributed by atoms with E-state index in [1.165, 1.54) is 21.3 Å². The molecule has 0 aliphatic carbocycles. The van der Waals surface area contributed by atoms with Crippen LogP contribution in [-0.4, -0.2) is 77.9 Å². The number of anilines is 1. The third-order valence-electron chi connectivity index (χ3n) is 5.52. The number of ether oxygens (including phenoxy) is 3. The van der Waals surface area contributed by atoms with E-state index < -0.39 is 0 Å². The van der Waals surface area contributed by atoms with Gasteiger partial charge < -0.3 is 24.0 Å². The van der Waals surface area contributed by atoms with E-state index in [1.54, 1.807) is 12.1 Å². The standard InChI is InChI=1S/C21H26N6O4/c1-13-10-18(22-21-24-23-14(2)27(13)21)25-6-8-26(9-7-25)20(28)15-11-16(29-3)19(31-5)17(12-15)30-4/h10-12H,6-9H2,1-5H3. The number of hydrogen-bond acceptors (Lipinski definition) is 8. The van der Waals surface area contributed by atoms with Crippen LogP contribution < -0.4 is 19.1 Å². The van der Waals surface area contributed by atoms with Crippen molar-refractivity contribution in [1.29, 1.82) is 0 Å². The van der Waals surface area contributed by atoms with Gasteiger partial charge in [-0.1, -0.05) is 0 Å². The molecule has 0 N–H and O–H groups in total. The number of benzene rings is 1. The maximum atomic E-state index is 13.1. The number of aryl methyl sites for hydroxylation is 2. The third kappa shape index (κ3) is 3.69. The fourth-order valence-electron chi connectivity index (χ4n) is 3.91. The Morgan fingerprint density at radius 1 is 0.903 bits per heavy atom. The van der Waals surface area contributed by atoms with E-state index in [1.807, 2.05) is 29.2 Å². The van der Waals surface area contributed by atoms with Gasteiger partial charge in [0.2, 0.25) is 5.75 Å². The summed E-state index contributed by atoms with van der Waals surface area (Å²) < 4.78 is 18.0. The van der Waals surface area contributed by atoms with Gasteiger partial charge >= 0.3 is 0 Å². The Morgan fingerprint density at radius 2 is 1.55 bits per heavy atom. The Labute approximate surface area is 180 Å². The van der Waals surface area contributed by atoms with Crippen LogP contribution in [0.15, 0.2) is 18.2 Å². The number of carbonyl (C=O) groups excluding carboxylic acids is 1. The molecule has 164 valence electrons. The second-order valence-corrected chi connectivity index (χ2v) is 7.33. The molecule has 10 heteroatoms. The average molecular weight is 426 g/mol. The molecule has 0 radical (unpaired) electrons. The topological polar surface area (TPSA) is 94.3 Å². The quantitative estimate of drug-likeness (QED) is 0.609. The minimum atomic E-state index is -0.0772. The predicted octanol–water partition coefficient (Wildman–Crippen LogP) is 1.73. The molecule has 0 saturated carbocycles. The van der Waals surface area contributed by atoms with Gasteiger partial charge in [-0.25, -0.2) is 0 Å². The second kappa shape index (κ2) is 8.29. The summed E-state index contributed by atoms with van der Waals surface area (Å²) in [6, 6.07) is 5.39. The first kappa shape index (κ1) is 20.7. The Morgan fingerprint density at radius 3 is 2.13 bits per heavy atom. The molecule has 4 rings (SSSR count). The normalized spacial score (nSPS) is 14.1. The van der Waals surface area contributed by atoms with Crippen LogP contribution in [0.25, 0.3) is 5.78 Å². The van der Waals surface area contributed by atoms with E-state index in [-0.39, 0.29) is 5.91 Å². The molecular weight excluding hydrogens is 400 g/mol. The van der Waals surface area contributed by atoms with Crippen molar-refractivity contribution >= 4 is 17.5 Å². The van der Waals surface area contributed by atoms with Crippen molar-refractivity contribution in [3.8, 4) is 17.2 Å². The number of hydrogen-bond donors (Lipinski definition) is 0. The largest absolute Gasteiger partial charge is 0.493 e. The second-order valence-electron chi connectivity index (χ2n) is 7.33. The Bertz CT molecular complexity index is 1100. The van der Waals surface area contributed by atoms with E-state index in [0.717, 1.165) is 17.3 Å². The minimum Gasteiger partial charge on any atom is -0.493 e. The van der Waals surface area contributed by atoms with E-state index in [2.05, 4.69) is 20.1 Å². The highest BCUT2D eigenvalue weighted by atomic mass is 16.5. The maximum absolute atomic E-state index is 13.1. The molecule has 0 atom stereocenters. The molecular formula is C21H26N6O4. The minimum absolute atomic E-state index is 0.0772. The Balaban J connectivity index is 1.51. The van der Waals surface area contributed by atoms with Gasteiger partial charge in [0.05, 0.1) is 21.3 Å². The first-order valence-electron chi connectivity index (χ1n) is 10.0. The van der Waals surface area contributed by atoms with Crippen LogP contribution in [0.3, 0.4) is 0 Å². The highest BCUT2D eigenvalue weighted by molar-refractivity contribution is 5.95. The number of carbonyl (C=O) groups is 1. The fourth-order valence-corrected chi connectivity index (χ4v) is 3.91. The lowest BCUT2D eigenvalue weighted by Gasteiger charge is -2.35. The summed E-state index contributed by atoms with van der Waals surface area (Å²) in [6.45, 7) is 6.42. The molecule has 1 fully saturated rings. The van der Waals surface area contributed by atoms with Gasteiger partial charge in [-0.05, 0) is 26.0 Å². The number of aromatic nitrogens is 4. The van der Waals surface area contributed by atoms with E-state index in [0.29, 0.717) is 54.8 Å². The summed E-state index contributed by atoms with van der Waals surface area (Å²) in [4.78, 5) is 21.8. The zero-order valence-electron chi connectivity index (χ0n) is 18.4. The molecule has 1 aliphatic rings. The van der Waals surface area contributed by atoms with E-state index >= 15 is 0 Å². The summed E-state index contributed by atoms with van der Waals surface area (Å²) in [7, 11) is 4.61. The van der Waals surface area contributed by atoms with Crippen molar-refractivity contribution in [3.63, 3.8) is 0 Å². The zero-order chi connectivity index (χ0) is 22.1. The predicted molar refractivity (Wildman–Crippen MR) is 114 cm³/mol. The van der Waals surface area contributed by atoms with Gasteiger partial charge in [0.15, 0.2) is 11.5 Å². The summed E-state index contributed by atoms with van der Waals surface area (Å²) in [5.74, 6) is 3.55. The lowest BCUT2D eigenvalue weighted by atomic mass is 10.1. The van der Waals surface area contributed by atoms with Crippen LogP contribution in [0.2, 0.25) is 0 Å². The zero-order valence-corrected chi connectivity index (χ0v) is 18.4. The smallest absolute Gasteiger partial charge is 0.257 e. The average Bonchev–Trinajstić information content (AvgIpc) is 3.18. The molecule has 0 unspecified atom stereocenters. The molecule has 1 saturated heterocycles. The molecule has 1 aliphatic heterocycles. The first-order chi connectivity index (χ1) is 15.0. The van der Waals surface area contributed by atoms with Gasteiger partial charge in [-0.15, -0.1) is 10.2 Å². The van der Waals surface area contributed by atoms with Crippen LogP contribution in [0.5, 0.6) is 17.2 Å². The van der Waals surface area contributed by atoms with Crippen LogP contribution in [0.1, 0.15) is 21.9 Å². The summed E-state index contributed by atoms with van der Waals surface area (Å²) >= 11 is 0. The molecule has 2 aromatic heterocycles. The number of piperazine rings is 1. The van der Waals surface area contributed by atoms with Crippen molar-refractivity contribution in [2.45, 2.75) is 13.8 Å². The van der Waals surface area contributed by atoms with Gasteiger partial charge in [-0.2, -0.15) is 4.98 Å². The number of fused-ring (bicyclic) bond motifs is 1. The Hall–Kier alpha value is -3.56. The summed E-state index contributed by atoms with van der Waals surface area (Å²) in [5, 5.41) is 8.24. The molecule has 3 aromatic rings. The number of methoxy groups -OCH3 is 3. The van der Waals surface area contributed by atoms with Crippen LogP contribution in [-0.2, 0) is 0 Å². The van der Waals surface area contributed by atoms with Crippen molar-refractivity contribution < 1.29 is 19.0 Å². The summed E-state index contributed by atoms with van der Waals surface area (Å²) in [6.07, 6.45) is 0. The molecule has 0 spiro atoms. The first-order valence-corrected chi connectivity index (χ1v) is 10.0. The highest BCUT2D eigenvalue weighted by Crippen LogP contribution is 2.38. The van der Waals surface area contributed by atoms with Gasteiger partial charge in [-0.3, -0.25) is 9.20 Å². The van der Waals surface area contributed by atoms with Crippen molar-refractivity contribution in [1.82, 2.24) is 24.5 Å². The lowest BCUT2D eigenvalue weighted by Crippen LogP contribution is -2.49.